The minimum Gasteiger partial charge on any atom is -0.377 e. The molecule has 0 spiro atoms. The van der Waals surface area contributed by atoms with Crippen LogP contribution in [0.15, 0.2) is 0 Å². The van der Waals surface area contributed by atoms with Gasteiger partial charge in [-0.3, -0.25) is 4.79 Å². The second-order valence-electron chi connectivity index (χ2n) is 5.26. The zero-order valence-corrected chi connectivity index (χ0v) is 12.0. The van der Waals surface area contributed by atoms with Crippen LogP contribution in [-0.4, -0.2) is 37.7 Å². The average molecular weight is 265 g/mol. The third kappa shape index (κ3) is 5.70. The van der Waals surface area contributed by atoms with Gasteiger partial charge in [0.2, 0.25) is 5.91 Å². The fourth-order valence-electron chi connectivity index (χ4n) is 1.89. The van der Waals surface area contributed by atoms with Gasteiger partial charge in [-0.25, -0.2) is 0 Å². The summed E-state index contributed by atoms with van der Waals surface area (Å²) in [5.74, 6) is 0.322. The Morgan fingerprint density at radius 3 is 2.71 bits per heavy atom. The molecule has 0 unspecified atom stereocenters. The first-order valence-corrected chi connectivity index (χ1v) is 6.01. The number of hydrogen-bond donors (Lipinski definition) is 2. The van der Waals surface area contributed by atoms with Crippen molar-refractivity contribution in [2.24, 2.45) is 5.92 Å². The normalized spacial score (nSPS) is 24.9. The molecule has 1 heterocycles. The van der Waals surface area contributed by atoms with Crippen molar-refractivity contribution in [3.05, 3.63) is 0 Å². The van der Waals surface area contributed by atoms with Crippen LogP contribution in [0.4, 0.5) is 0 Å². The Kier molecular flexibility index (Phi) is 7.05. The van der Waals surface area contributed by atoms with Crippen molar-refractivity contribution in [2.45, 2.75) is 45.3 Å². The number of amides is 1. The molecule has 0 aromatic carbocycles. The molecule has 17 heavy (non-hydrogen) atoms. The fraction of sp³-hybridized carbons (Fsp3) is 0.917. The van der Waals surface area contributed by atoms with E-state index < -0.39 is 0 Å². The zero-order valence-electron chi connectivity index (χ0n) is 11.2. The Hall–Kier alpha value is -0.320. The van der Waals surface area contributed by atoms with Crippen molar-refractivity contribution in [2.75, 3.05) is 20.2 Å². The minimum atomic E-state index is -0.284. The highest BCUT2D eigenvalue weighted by molar-refractivity contribution is 5.85. The van der Waals surface area contributed by atoms with E-state index >= 15 is 0 Å². The predicted octanol–water partition coefficient (Wildman–Crippen LogP) is 1.34. The molecule has 1 aliphatic rings. The number of carbonyl (C=O) groups is 1. The largest absolute Gasteiger partial charge is 0.377 e. The highest BCUT2D eigenvalue weighted by atomic mass is 35.5. The monoisotopic (exact) mass is 264 g/mol. The second-order valence-corrected chi connectivity index (χ2v) is 5.26. The molecule has 1 saturated heterocycles. The van der Waals surface area contributed by atoms with Crippen molar-refractivity contribution < 1.29 is 9.53 Å². The number of halogens is 1. The molecule has 0 bridgehead atoms. The van der Waals surface area contributed by atoms with E-state index in [1.807, 2.05) is 13.8 Å². The lowest BCUT2D eigenvalue weighted by molar-refractivity contribution is -0.127. The fourth-order valence-corrected chi connectivity index (χ4v) is 1.89. The summed E-state index contributed by atoms with van der Waals surface area (Å²) in [6, 6.07) is 0.444. The molecule has 5 heteroatoms. The predicted molar refractivity (Wildman–Crippen MR) is 71.5 cm³/mol. The topological polar surface area (TPSA) is 50.4 Å². The van der Waals surface area contributed by atoms with Gasteiger partial charge in [0.1, 0.15) is 0 Å². The first-order valence-electron chi connectivity index (χ1n) is 6.01. The molecule has 1 aliphatic heterocycles. The van der Waals surface area contributed by atoms with Crippen LogP contribution in [0.3, 0.4) is 0 Å². The molecular formula is C12H25ClN2O2. The molecule has 2 atom stereocenters. The highest BCUT2D eigenvalue weighted by Gasteiger charge is 2.26. The summed E-state index contributed by atoms with van der Waals surface area (Å²) < 4.78 is 5.27. The van der Waals surface area contributed by atoms with Gasteiger partial charge < -0.3 is 15.4 Å². The number of nitrogens with one attached hydrogen (secondary N) is 2. The molecule has 1 fully saturated rings. The molecule has 2 N–H and O–H groups in total. The van der Waals surface area contributed by atoms with E-state index in [-0.39, 0.29) is 29.8 Å². The van der Waals surface area contributed by atoms with Gasteiger partial charge in [-0.2, -0.15) is 0 Å². The summed E-state index contributed by atoms with van der Waals surface area (Å²) in [6.45, 7) is 7.57. The van der Waals surface area contributed by atoms with Crippen LogP contribution in [0.25, 0.3) is 0 Å². The second kappa shape index (κ2) is 7.19. The van der Waals surface area contributed by atoms with Gasteiger partial charge in [0, 0.05) is 25.6 Å². The molecule has 0 saturated carbocycles. The molecule has 0 radical (unpaired) electrons. The van der Waals surface area contributed by atoms with E-state index in [0.717, 1.165) is 19.4 Å². The number of piperidine rings is 1. The average Bonchev–Trinajstić information content (AvgIpc) is 2.26. The van der Waals surface area contributed by atoms with E-state index in [1.165, 1.54) is 0 Å². The summed E-state index contributed by atoms with van der Waals surface area (Å²) in [5, 5.41) is 6.32. The maximum Gasteiger partial charge on any atom is 0.223 e. The number of ether oxygens (including phenoxy) is 1. The van der Waals surface area contributed by atoms with Crippen LogP contribution in [-0.2, 0) is 9.53 Å². The maximum atomic E-state index is 11.9. The summed E-state index contributed by atoms with van der Waals surface area (Å²) >= 11 is 0. The van der Waals surface area contributed by atoms with E-state index in [4.69, 9.17) is 4.74 Å². The molecule has 102 valence electrons. The van der Waals surface area contributed by atoms with E-state index in [2.05, 4.69) is 17.6 Å². The van der Waals surface area contributed by atoms with Crippen molar-refractivity contribution in [1.82, 2.24) is 10.6 Å². The summed E-state index contributed by atoms with van der Waals surface area (Å²) in [7, 11) is 1.67. The van der Waals surface area contributed by atoms with Crippen molar-refractivity contribution >= 4 is 18.3 Å². The van der Waals surface area contributed by atoms with Crippen LogP contribution >= 0.6 is 12.4 Å². The van der Waals surface area contributed by atoms with Gasteiger partial charge in [0.05, 0.1) is 5.60 Å². The minimum absolute atomic E-state index is 0. The van der Waals surface area contributed by atoms with Crippen molar-refractivity contribution in [1.29, 1.82) is 0 Å². The van der Waals surface area contributed by atoms with Crippen molar-refractivity contribution in [3.8, 4) is 0 Å². The van der Waals surface area contributed by atoms with Gasteiger partial charge >= 0.3 is 0 Å². The quantitative estimate of drug-likeness (QED) is 0.806. The standard InChI is InChI=1S/C12H24N2O2.ClH/c1-9-7-10(5-6-13-9)11(15)14-8-12(2,3)16-4;/h9-10,13H,5-8H2,1-4H3,(H,14,15);1H/t9-,10-;/m0./s1. The van der Waals surface area contributed by atoms with Crippen LogP contribution in [0.2, 0.25) is 0 Å². The smallest absolute Gasteiger partial charge is 0.223 e. The lowest BCUT2D eigenvalue weighted by Gasteiger charge is -2.29. The number of rotatable bonds is 4. The van der Waals surface area contributed by atoms with E-state index in [1.54, 1.807) is 7.11 Å². The van der Waals surface area contributed by atoms with Crippen LogP contribution in [0.5, 0.6) is 0 Å². The third-order valence-corrected chi connectivity index (χ3v) is 3.24. The molecule has 0 aromatic rings. The van der Waals surface area contributed by atoms with Gasteiger partial charge in [-0.15, -0.1) is 12.4 Å². The van der Waals surface area contributed by atoms with Gasteiger partial charge in [-0.1, -0.05) is 0 Å². The lowest BCUT2D eigenvalue weighted by atomic mass is 9.92. The zero-order chi connectivity index (χ0) is 12.2. The highest BCUT2D eigenvalue weighted by Crippen LogP contribution is 2.16. The lowest BCUT2D eigenvalue weighted by Crippen LogP contribution is -2.46. The summed E-state index contributed by atoms with van der Waals surface area (Å²) in [5.41, 5.74) is -0.284. The summed E-state index contributed by atoms with van der Waals surface area (Å²) in [6.07, 6.45) is 1.86. The van der Waals surface area contributed by atoms with Gasteiger partial charge in [0.25, 0.3) is 0 Å². The van der Waals surface area contributed by atoms with Gasteiger partial charge in [-0.05, 0) is 40.2 Å². The Balaban J connectivity index is 0.00000256. The Bertz CT molecular complexity index is 247. The van der Waals surface area contributed by atoms with Crippen molar-refractivity contribution in [3.63, 3.8) is 0 Å². The first-order chi connectivity index (χ1) is 7.44. The molecule has 4 nitrogen and oxygen atoms in total. The number of carbonyl (C=O) groups excluding carboxylic acids is 1. The Labute approximate surface area is 110 Å². The molecule has 0 aliphatic carbocycles. The third-order valence-electron chi connectivity index (χ3n) is 3.24. The van der Waals surface area contributed by atoms with E-state index in [0.29, 0.717) is 12.6 Å². The molecule has 1 rings (SSSR count). The Morgan fingerprint density at radius 2 is 2.18 bits per heavy atom. The summed E-state index contributed by atoms with van der Waals surface area (Å²) in [4.78, 5) is 11.9. The van der Waals surface area contributed by atoms with Crippen LogP contribution in [0, 0.1) is 5.92 Å². The molecule has 1 amide bonds. The van der Waals surface area contributed by atoms with Crippen LogP contribution in [0.1, 0.15) is 33.6 Å². The molecular weight excluding hydrogens is 240 g/mol. The van der Waals surface area contributed by atoms with Gasteiger partial charge in [0.15, 0.2) is 0 Å². The number of hydrogen-bond acceptors (Lipinski definition) is 3. The first kappa shape index (κ1) is 16.7. The van der Waals surface area contributed by atoms with Crippen LogP contribution < -0.4 is 10.6 Å². The maximum absolute atomic E-state index is 11.9. The number of methoxy groups -OCH3 is 1. The molecule has 0 aromatic heterocycles. The van der Waals surface area contributed by atoms with E-state index in [9.17, 15) is 4.79 Å². The SMILES string of the molecule is COC(C)(C)CNC(=O)[C@H]1CCN[C@@H](C)C1.Cl. The Morgan fingerprint density at radius 1 is 1.53 bits per heavy atom.